The van der Waals surface area contributed by atoms with Crippen molar-refractivity contribution in [1.82, 2.24) is 4.90 Å². The molecule has 4 heteroatoms. The van der Waals surface area contributed by atoms with Gasteiger partial charge in [0.05, 0.1) is 0 Å². The summed E-state index contributed by atoms with van der Waals surface area (Å²) in [5.41, 5.74) is 3.72. The van der Waals surface area contributed by atoms with Gasteiger partial charge in [-0.15, -0.1) is 0 Å². The van der Waals surface area contributed by atoms with E-state index in [0.29, 0.717) is 13.0 Å². The summed E-state index contributed by atoms with van der Waals surface area (Å²) in [6.45, 7) is 0.594. The molecule has 1 fully saturated rings. The van der Waals surface area contributed by atoms with Crippen LogP contribution < -0.4 is 5.32 Å². The lowest BCUT2D eigenvalue weighted by atomic mass is 10.0. The molecule has 0 radical (unpaired) electrons. The summed E-state index contributed by atoms with van der Waals surface area (Å²) in [4.78, 5) is 27.5. The molecule has 0 saturated carbocycles. The molecular formula is C26H24N2O2. The van der Waals surface area contributed by atoms with Crippen LogP contribution in [0, 0.1) is 0 Å². The molecule has 1 saturated heterocycles. The smallest absolute Gasteiger partial charge is 0.247 e. The minimum atomic E-state index is -0.457. The molecular weight excluding hydrogens is 372 g/mol. The van der Waals surface area contributed by atoms with Gasteiger partial charge in [0.25, 0.3) is 0 Å². The molecule has 1 N–H and O–H groups in total. The maximum absolute atomic E-state index is 13.1. The van der Waals surface area contributed by atoms with Crippen molar-refractivity contribution in [2.24, 2.45) is 0 Å². The highest BCUT2D eigenvalue weighted by Gasteiger charge is 2.33. The lowest BCUT2D eigenvalue weighted by Gasteiger charge is -2.23. The Hall–Kier alpha value is -3.66. The number of hydrogen-bond donors (Lipinski definition) is 1. The molecule has 4 nitrogen and oxygen atoms in total. The Morgan fingerprint density at radius 2 is 1.53 bits per heavy atom. The van der Waals surface area contributed by atoms with Crippen LogP contribution in [0.2, 0.25) is 0 Å². The van der Waals surface area contributed by atoms with Crippen LogP contribution in [-0.2, 0) is 9.59 Å². The van der Waals surface area contributed by atoms with Crippen molar-refractivity contribution in [3.63, 3.8) is 0 Å². The summed E-state index contributed by atoms with van der Waals surface area (Å²) in [5.74, 6) is -0.273. The van der Waals surface area contributed by atoms with Gasteiger partial charge in [-0.3, -0.25) is 9.59 Å². The van der Waals surface area contributed by atoms with E-state index in [1.165, 1.54) is 0 Å². The average molecular weight is 396 g/mol. The predicted octanol–water partition coefficient (Wildman–Crippen LogP) is 5.00. The molecule has 1 aliphatic rings. The van der Waals surface area contributed by atoms with E-state index in [0.717, 1.165) is 28.8 Å². The van der Waals surface area contributed by atoms with Crippen molar-refractivity contribution in [3.05, 3.63) is 96.6 Å². The first-order valence-corrected chi connectivity index (χ1v) is 10.2. The number of carbonyl (C=O) groups is 2. The zero-order valence-corrected chi connectivity index (χ0v) is 16.7. The average Bonchev–Trinajstić information content (AvgIpc) is 3.29. The zero-order chi connectivity index (χ0) is 20.8. The monoisotopic (exact) mass is 396 g/mol. The number of hydrogen-bond acceptors (Lipinski definition) is 2. The van der Waals surface area contributed by atoms with Gasteiger partial charge in [-0.2, -0.15) is 0 Å². The van der Waals surface area contributed by atoms with Crippen LogP contribution >= 0.6 is 0 Å². The number of carbonyl (C=O) groups excluding carboxylic acids is 2. The second-order valence-electron chi connectivity index (χ2n) is 7.33. The summed E-state index contributed by atoms with van der Waals surface area (Å²) < 4.78 is 0. The highest BCUT2D eigenvalue weighted by Crippen LogP contribution is 2.28. The van der Waals surface area contributed by atoms with Crippen LogP contribution in [0.4, 0.5) is 5.69 Å². The molecule has 1 aliphatic heterocycles. The number of rotatable bonds is 5. The summed E-state index contributed by atoms with van der Waals surface area (Å²) in [6.07, 6.45) is 4.84. The van der Waals surface area contributed by atoms with Gasteiger partial charge >= 0.3 is 0 Å². The Kier molecular flexibility index (Phi) is 6.04. The molecule has 3 aromatic carbocycles. The Labute approximate surface area is 176 Å². The van der Waals surface area contributed by atoms with Crippen LogP contribution in [0.15, 0.2) is 91.0 Å². The van der Waals surface area contributed by atoms with Crippen LogP contribution in [0.3, 0.4) is 0 Å². The number of nitrogens with zero attached hydrogens (tertiary/aromatic N) is 1. The lowest BCUT2D eigenvalue weighted by molar-refractivity contribution is -0.132. The van der Waals surface area contributed by atoms with E-state index in [4.69, 9.17) is 0 Å². The summed E-state index contributed by atoms with van der Waals surface area (Å²) >= 11 is 0. The second kappa shape index (κ2) is 9.23. The van der Waals surface area contributed by atoms with E-state index >= 15 is 0 Å². The highest BCUT2D eigenvalue weighted by molar-refractivity contribution is 6.02. The third-order valence-electron chi connectivity index (χ3n) is 5.33. The number of nitrogens with one attached hydrogen (secondary N) is 1. The van der Waals surface area contributed by atoms with E-state index < -0.39 is 6.04 Å². The molecule has 30 heavy (non-hydrogen) atoms. The van der Waals surface area contributed by atoms with Crippen molar-refractivity contribution in [3.8, 4) is 11.1 Å². The fraction of sp³-hybridized carbons (Fsp3) is 0.154. The number of anilines is 1. The SMILES string of the molecule is O=C(Nc1ccccc1-c1ccccc1)C1CCCN1C(=O)/C=C/c1ccccc1. The minimum absolute atomic E-state index is 0.132. The molecule has 0 spiro atoms. The molecule has 2 amide bonds. The van der Waals surface area contributed by atoms with Gasteiger partial charge in [0.2, 0.25) is 11.8 Å². The van der Waals surface area contributed by atoms with Crippen molar-refractivity contribution >= 4 is 23.6 Å². The van der Waals surface area contributed by atoms with Crippen LogP contribution in [0.1, 0.15) is 18.4 Å². The maximum atomic E-state index is 13.1. The topological polar surface area (TPSA) is 49.4 Å². The molecule has 0 aromatic heterocycles. The van der Waals surface area contributed by atoms with Crippen molar-refractivity contribution in [2.75, 3.05) is 11.9 Å². The number of amides is 2. The second-order valence-corrected chi connectivity index (χ2v) is 7.33. The van der Waals surface area contributed by atoms with Crippen molar-refractivity contribution in [1.29, 1.82) is 0 Å². The normalized spacial score (nSPS) is 16.0. The van der Waals surface area contributed by atoms with Gasteiger partial charge in [0.1, 0.15) is 6.04 Å². The Morgan fingerprint density at radius 3 is 2.30 bits per heavy atom. The van der Waals surface area contributed by atoms with E-state index in [2.05, 4.69) is 5.32 Å². The first-order valence-electron chi connectivity index (χ1n) is 10.2. The van der Waals surface area contributed by atoms with E-state index in [9.17, 15) is 9.59 Å². The number of para-hydroxylation sites is 1. The first-order chi connectivity index (χ1) is 14.7. The van der Waals surface area contributed by atoms with Crippen LogP contribution in [0.5, 0.6) is 0 Å². The standard InChI is InChI=1S/C26H24N2O2/c29-25(18-17-20-10-3-1-4-11-20)28-19-9-16-24(28)26(30)27-23-15-8-7-14-22(23)21-12-5-2-6-13-21/h1-8,10-15,17-18,24H,9,16,19H2,(H,27,30)/b18-17+. The van der Waals surface area contributed by atoms with Crippen molar-refractivity contribution < 1.29 is 9.59 Å². The zero-order valence-electron chi connectivity index (χ0n) is 16.7. The molecule has 1 unspecified atom stereocenters. The summed E-state index contributed by atoms with van der Waals surface area (Å²) in [5, 5.41) is 3.05. The Bertz CT molecular complexity index is 1040. The first kappa shape index (κ1) is 19.6. The summed E-state index contributed by atoms with van der Waals surface area (Å²) in [7, 11) is 0. The molecule has 0 aliphatic carbocycles. The van der Waals surface area contributed by atoms with Crippen LogP contribution in [-0.4, -0.2) is 29.3 Å². The van der Waals surface area contributed by atoms with Crippen LogP contribution in [0.25, 0.3) is 17.2 Å². The largest absolute Gasteiger partial charge is 0.327 e. The predicted molar refractivity (Wildman–Crippen MR) is 121 cm³/mol. The lowest BCUT2D eigenvalue weighted by Crippen LogP contribution is -2.42. The third-order valence-corrected chi connectivity index (χ3v) is 5.33. The number of likely N-dealkylation sites (tertiary alicyclic amines) is 1. The van der Waals surface area contributed by atoms with Gasteiger partial charge in [-0.25, -0.2) is 0 Å². The molecule has 1 atom stereocenters. The van der Waals surface area contributed by atoms with Crippen molar-refractivity contribution in [2.45, 2.75) is 18.9 Å². The van der Waals surface area contributed by atoms with Gasteiger partial charge in [-0.1, -0.05) is 78.9 Å². The van der Waals surface area contributed by atoms with Gasteiger partial charge < -0.3 is 10.2 Å². The van der Waals surface area contributed by atoms with Gasteiger partial charge in [0.15, 0.2) is 0 Å². The maximum Gasteiger partial charge on any atom is 0.247 e. The Morgan fingerprint density at radius 1 is 0.867 bits per heavy atom. The molecule has 150 valence electrons. The highest BCUT2D eigenvalue weighted by atomic mass is 16.2. The minimum Gasteiger partial charge on any atom is -0.327 e. The van der Waals surface area contributed by atoms with Gasteiger partial charge in [0, 0.05) is 23.9 Å². The molecule has 4 rings (SSSR count). The molecule has 0 bridgehead atoms. The quantitative estimate of drug-likeness (QED) is 0.617. The fourth-order valence-electron chi connectivity index (χ4n) is 3.81. The van der Waals surface area contributed by atoms with E-state index in [1.54, 1.807) is 17.1 Å². The molecule has 3 aromatic rings. The molecule has 1 heterocycles. The van der Waals surface area contributed by atoms with E-state index in [1.807, 2.05) is 84.9 Å². The Balaban J connectivity index is 1.48. The summed E-state index contributed by atoms with van der Waals surface area (Å²) in [6, 6.07) is 26.9. The number of benzene rings is 3. The van der Waals surface area contributed by atoms with Gasteiger partial charge in [-0.05, 0) is 36.1 Å². The fourth-order valence-corrected chi connectivity index (χ4v) is 3.81. The van der Waals surface area contributed by atoms with E-state index in [-0.39, 0.29) is 11.8 Å². The third kappa shape index (κ3) is 4.49.